The van der Waals surface area contributed by atoms with Crippen molar-refractivity contribution >= 4 is 17.6 Å². The third-order valence-corrected chi connectivity index (χ3v) is 5.10. The van der Waals surface area contributed by atoms with Crippen molar-refractivity contribution in [3.05, 3.63) is 71.4 Å². The fraction of sp³-hybridized carbons (Fsp3) is 0.304. The Morgan fingerprint density at radius 1 is 1.19 bits per heavy atom. The Morgan fingerprint density at radius 2 is 1.94 bits per heavy atom. The molecule has 0 fully saturated rings. The molecule has 1 aliphatic heterocycles. The number of esters is 1. The minimum absolute atomic E-state index is 0.0190. The zero-order valence-electron chi connectivity index (χ0n) is 17.6. The number of aromatic nitrogens is 2. The number of hydrogen-bond acceptors (Lipinski definition) is 7. The zero-order chi connectivity index (χ0) is 22.0. The number of carbonyl (C=O) groups is 2. The highest BCUT2D eigenvalue weighted by molar-refractivity contribution is 6.00. The van der Waals surface area contributed by atoms with Crippen LogP contribution in [0.1, 0.15) is 41.5 Å². The van der Waals surface area contributed by atoms with Gasteiger partial charge in [-0.1, -0.05) is 23.4 Å². The standard InChI is InChI=1S/C23H23N3O5/c1-14-12-18-6-4-5-7-20(18)26(14)22(27)15(2)30-23(28)17-8-10-19(11-9-17)29-13-21-24-16(3)31-25-21/h4-11,14-15H,12-13H2,1-3H3/t14-,15-/m1/s1. The van der Waals surface area contributed by atoms with Crippen molar-refractivity contribution in [3.8, 4) is 5.75 Å². The van der Waals surface area contributed by atoms with Gasteiger partial charge in [0.05, 0.1) is 5.56 Å². The molecule has 1 amide bonds. The van der Waals surface area contributed by atoms with Gasteiger partial charge in [-0.05, 0) is 56.2 Å². The molecule has 0 radical (unpaired) electrons. The fourth-order valence-corrected chi connectivity index (χ4v) is 3.61. The maximum atomic E-state index is 13.0. The Labute approximate surface area is 179 Å². The largest absolute Gasteiger partial charge is 0.485 e. The van der Waals surface area contributed by atoms with Crippen LogP contribution in [0.5, 0.6) is 5.75 Å². The maximum absolute atomic E-state index is 13.0. The first-order valence-electron chi connectivity index (χ1n) is 10.1. The third kappa shape index (κ3) is 4.42. The Morgan fingerprint density at radius 3 is 2.65 bits per heavy atom. The van der Waals surface area contributed by atoms with E-state index in [2.05, 4.69) is 10.1 Å². The average Bonchev–Trinajstić information content (AvgIpc) is 3.33. The highest BCUT2D eigenvalue weighted by atomic mass is 16.5. The molecule has 0 saturated heterocycles. The second kappa shape index (κ2) is 8.59. The first-order chi connectivity index (χ1) is 14.9. The van der Waals surface area contributed by atoms with Crippen LogP contribution in [-0.4, -0.2) is 34.2 Å². The topological polar surface area (TPSA) is 94.8 Å². The average molecular weight is 421 g/mol. The molecule has 0 bridgehead atoms. The molecule has 3 aromatic rings. The van der Waals surface area contributed by atoms with Crippen LogP contribution in [0.15, 0.2) is 53.1 Å². The van der Waals surface area contributed by atoms with E-state index in [0.29, 0.717) is 23.0 Å². The maximum Gasteiger partial charge on any atom is 0.338 e. The molecule has 0 aliphatic carbocycles. The predicted octanol–water partition coefficient (Wildman–Crippen LogP) is 3.48. The quantitative estimate of drug-likeness (QED) is 0.562. The monoisotopic (exact) mass is 421 g/mol. The highest BCUT2D eigenvalue weighted by Gasteiger charge is 2.34. The second-order valence-corrected chi connectivity index (χ2v) is 7.48. The number of nitrogens with zero attached hydrogens (tertiary/aromatic N) is 3. The summed E-state index contributed by atoms with van der Waals surface area (Å²) >= 11 is 0. The molecule has 0 saturated carbocycles. The number of para-hydroxylation sites is 1. The number of fused-ring (bicyclic) bond motifs is 1. The molecule has 8 heteroatoms. The molecule has 0 unspecified atom stereocenters. The SMILES string of the molecule is Cc1nc(COc2ccc(C(=O)O[C@H](C)C(=O)N3c4ccccc4C[C@H]3C)cc2)no1. The molecule has 1 aromatic heterocycles. The number of amides is 1. The van der Waals surface area contributed by atoms with Crippen LogP contribution < -0.4 is 9.64 Å². The summed E-state index contributed by atoms with van der Waals surface area (Å²) in [6.07, 6.45) is -0.119. The molecular weight excluding hydrogens is 398 g/mol. The van der Waals surface area contributed by atoms with Crippen LogP contribution in [0.3, 0.4) is 0 Å². The van der Waals surface area contributed by atoms with Crippen LogP contribution in [0.25, 0.3) is 0 Å². The summed E-state index contributed by atoms with van der Waals surface area (Å²) in [4.78, 5) is 31.3. The first-order valence-corrected chi connectivity index (χ1v) is 10.1. The lowest BCUT2D eigenvalue weighted by Gasteiger charge is -2.26. The number of anilines is 1. The number of aryl methyl sites for hydroxylation is 1. The van der Waals surface area contributed by atoms with Gasteiger partial charge in [-0.2, -0.15) is 4.98 Å². The van der Waals surface area contributed by atoms with E-state index < -0.39 is 12.1 Å². The lowest BCUT2D eigenvalue weighted by Crippen LogP contribution is -2.43. The number of hydrogen-bond donors (Lipinski definition) is 0. The van der Waals surface area contributed by atoms with Gasteiger partial charge < -0.3 is 18.9 Å². The minimum Gasteiger partial charge on any atom is -0.485 e. The van der Waals surface area contributed by atoms with E-state index >= 15 is 0 Å². The summed E-state index contributed by atoms with van der Waals surface area (Å²) in [7, 11) is 0. The van der Waals surface area contributed by atoms with Gasteiger partial charge in [0.15, 0.2) is 12.7 Å². The molecule has 8 nitrogen and oxygen atoms in total. The van der Waals surface area contributed by atoms with Gasteiger partial charge in [0.25, 0.3) is 5.91 Å². The Kier molecular flexibility index (Phi) is 5.70. The van der Waals surface area contributed by atoms with Crippen LogP contribution in [0.4, 0.5) is 5.69 Å². The number of benzene rings is 2. The minimum atomic E-state index is -0.904. The smallest absolute Gasteiger partial charge is 0.338 e. The van der Waals surface area contributed by atoms with E-state index in [-0.39, 0.29) is 18.6 Å². The van der Waals surface area contributed by atoms with Crippen LogP contribution in [0, 0.1) is 6.92 Å². The summed E-state index contributed by atoms with van der Waals surface area (Å²) in [5.41, 5.74) is 2.33. The fourth-order valence-electron chi connectivity index (χ4n) is 3.61. The summed E-state index contributed by atoms with van der Waals surface area (Å²) in [5.74, 6) is 0.645. The van der Waals surface area contributed by atoms with Gasteiger partial charge in [0.2, 0.25) is 11.7 Å². The van der Waals surface area contributed by atoms with Crippen molar-refractivity contribution in [2.45, 2.75) is 45.9 Å². The van der Waals surface area contributed by atoms with Crippen molar-refractivity contribution in [1.82, 2.24) is 10.1 Å². The van der Waals surface area contributed by atoms with Gasteiger partial charge in [-0.3, -0.25) is 4.79 Å². The third-order valence-electron chi connectivity index (χ3n) is 5.10. The van der Waals surface area contributed by atoms with E-state index in [9.17, 15) is 9.59 Å². The molecule has 1 aliphatic rings. The molecule has 2 aromatic carbocycles. The molecule has 0 N–H and O–H groups in total. The summed E-state index contributed by atoms with van der Waals surface area (Å²) in [6, 6.07) is 14.3. The van der Waals surface area contributed by atoms with Crippen LogP contribution >= 0.6 is 0 Å². The lowest BCUT2D eigenvalue weighted by molar-refractivity contribution is -0.126. The Bertz CT molecular complexity index is 1090. The van der Waals surface area contributed by atoms with Crippen LogP contribution in [-0.2, 0) is 22.6 Å². The van der Waals surface area contributed by atoms with Crippen molar-refractivity contribution in [1.29, 1.82) is 0 Å². The molecule has 160 valence electrons. The van der Waals surface area contributed by atoms with E-state index in [1.165, 1.54) is 0 Å². The molecule has 2 atom stereocenters. The van der Waals surface area contributed by atoms with E-state index in [0.717, 1.165) is 17.7 Å². The first kappa shape index (κ1) is 20.6. The molecule has 2 heterocycles. The number of carbonyl (C=O) groups excluding carboxylic acids is 2. The molecular formula is C23H23N3O5. The van der Waals surface area contributed by atoms with Crippen molar-refractivity contribution in [2.24, 2.45) is 0 Å². The highest BCUT2D eigenvalue weighted by Crippen LogP contribution is 2.32. The number of ether oxygens (including phenoxy) is 2. The summed E-state index contributed by atoms with van der Waals surface area (Å²) in [6.45, 7) is 5.44. The van der Waals surface area contributed by atoms with E-state index in [1.54, 1.807) is 43.0 Å². The van der Waals surface area contributed by atoms with Crippen LogP contribution in [0.2, 0.25) is 0 Å². The lowest BCUT2D eigenvalue weighted by atomic mass is 10.1. The normalized spacial score (nSPS) is 16.0. The van der Waals surface area contributed by atoms with E-state index in [1.807, 2.05) is 31.2 Å². The van der Waals surface area contributed by atoms with Gasteiger partial charge in [0.1, 0.15) is 5.75 Å². The van der Waals surface area contributed by atoms with Gasteiger partial charge in [-0.25, -0.2) is 4.79 Å². The van der Waals surface area contributed by atoms with Gasteiger partial charge in [0, 0.05) is 18.7 Å². The van der Waals surface area contributed by atoms with Crippen molar-refractivity contribution in [3.63, 3.8) is 0 Å². The summed E-state index contributed by atoms with van der Waals surface area (Å²) < 4.78 is 15.9. The van der Waals surface area contributed by atoms with E-state index in [4.69, 9.17) is 14.0 Å². The molecule has 31 heavy (non-hydrogen) atoms. The molecule has 0 spiro atoms. The van der Waals surface area contributed by atoms with Crippen molar-refractivity contribution in [2.75, 3.05) is 4.90 Å². The van der Waals surface area contributed by atoms with Gasteiger partial charge in [-0.15, -0.1) is 0 Å². The molecule has 4 rings (SSSR count). The predicted molar refractivity (Wildman–Crippen MR) is 112 cm³/mol. The van der Waals surface area contributed by atoms with Crippen molar-refractivity contribution < 1.29 is 23.6 Å². The Balaban J connectivity index is 1.36. The van der Waals surface area contributed by atoms with Gasteiger partial charge >= 0.3 is 5.97 Å². The summed E-state index contributed by atoms with van der Waals surface area (Å²) in [5, 5.41) is 3.76. The second-order valence-electron chi connectivity index (χ2n) is 7.48. The Hall–Kier alpha value is -3.68. The number of rotatable bonds is 6. The zero-order valence-corrected chi connectivity index (χ0v) is 17.6.